The standard InChI is InChI=1S/C21H31N3O4/c1-23-11-9-19(10-12-23)28-18-6-4-17(5-7-18)22-21(26)16-3-8-20(25)24(15-16)13-14-27-2/h4-7,16,19H,3,8-15H2,1-2H3,(H,22,26). The van der Waals surface area contributed by atoms with Crippen LogP contribution in [0.3, 0.4) is 0 Å². The molecular formula is C21H31N3O4. The highest BCUT2D eigenvalue weighted by atomic mass is 16.5. The summed E-state index contributed by atoms with van der Waals surface area (Å²) in [6, 6.07) is 7.56. The summed E-state index contributed by atoms with van der Waals surface area (Å²) in [6.07, 6.45) is 3.33. The molecule has 1 aromatic rings. The molecule has 0 aromatic heterocycles. The highest BCUT2D eigenvalue weighted by Crippen LogP contribution is 2.23. The zero-order valence-electron chi connectivity index (χ0n) is 16.9. The van der Waals surface area contributed by atoms with Crippen LogP contribution in [0, 0.1) is 5.92 Å². The first kappa shape index (κ1) is 20.6. The van der Waals surface area contributed by atoms with Crippen molar-refractivity contribution in [1.82, 2.24) is 9.80 Å². The smallest absolute Gasteiger partial charge is 0.229 e. The van der Waals surface area contributed by atoms with Gasteiger partial charge in [0.2, 0.25) is 11.8 Å². The summed E-state index contributed by atoms with van der Waals surface area (Å²) >= 11 is 0. The Morgan fingerprint density at radius 2 is 1.89 bits per heavy atom. The molecule has 0 spiro atoms. The van der Waals surface area contributed by atoms with Crippen molar-refractivity contribution in [2.45, 2.75) is 31.8 Å². The van der Waals surface area contributed by atoms with Crippen LogP contribution in [0.2, 0.25) is 0 Å². The third-order valence-electron chi connectivity index (χ3n) is 5.53. The minimum Gasteiger partial charge on any atom is -0.490 e. The number of hydrogen-bond acceptors (Lipinski definition) is 5. The number of carbonyl (C=O) groups excluding carboxylic acids is 2. The molecule has 1 unspecified atom stereocenters. The molecule has 0 saturated carbocycles. The molecular weight excluding hydrogens is 358 g/mol. The van der Waals surface area contributed by atoms with Crippen LogP contribution < -0.4 is 10.1 Å². The largest absolute Gasteiger partial charge is 0.490 e. The van der Waals surface area contributed by atoms with E-state index in [1.54, 1.807) is 12.0 Å². The SMILES string of the molecule is COCCN1CC(C(=O)Nc2ccc(OC3CCN(C)CC3)cc2)CCC1=O. The fourth-order valence-electron chi connectivity index (χ4n) is 3.70. The number of anilines is 1. The van der Waals surface area contributed by atoms with E-state index in [1.165, 1.54) is 0 Å². The Morgan fingerprint density at radius 1 is 1.18 bits per heavy atom. The fraction of sp³-hybridized carbons (Fsp3) is 0.619. The third-order valence-corrected chi connectivity index (χ3v) is 5.53. The van der Waals surface area contributed by atoms with E-state index in [9.17, 15) is 9.59 Å². The average Bonchev–Trinajstić information content (AvgIpc) is 2.70. The van der Waals surface area contributed by atoms with Crippen molar-refractivity contribution in [2.75, 3.05) is 52.3 Å². The molecule has 2 saturated heterocycles. The number of nitrogens with zero attached hydrogens (tertiary/aromatic N) is 2. The van der Waals surface area contributed by atoms with Gasteiger partial charge in [0, 0.05) is 45.4 Å². The summed E-state index contributed by atoms with van der Waals surface area (Å²) in [7, 11) is 3.74. The number of hydrogen-bond donors (Lipinski definition) is 1. The predicted octanol–water partition coefficient (Wildman–Crippen LogP) is 1.98. The average molecular weight is 389 g/mol. The van der Waals surface area contributed by atoms with Gasteiger partial charge in [-0.2, -0.15) is 0 Å². The molecule has 2 heterocycles. The van der Waals surface area contributed by atoms with Crippen LogP contribution in [0.1, 0.15) is 25.7 Å². The number of amides is 2. The molecule has 0 radical (unpaired) electrons. The van der Waals surface area contributed by atoms with E-state index >= 15 is 0 Å². The fourth-order valence-corrected chi connectivity index (χ4v) is 3.70. The second-order valence-corrected chi connectivity index (χ2v) is 7.70. The molecule has 0 aliphatic carbocycles. The van der Waals surface area contributed by atoms with E-state index in [4.69, 9.17) is 9.47 Å². The van der Waals surface area contributed by atoms with Gasteiger partial charge in [-0.1, -0.05) is 0 Å². The van der Waals surface area contributed by atoms with Gasteiger partial charge in [-0.05, 0) is 50.6 Å². The molecule has 1 atom stereocenters. The molecule has 3 rings (SSSR count). The second kappa shape index (κ2) is 9.89. The number of methoxy groups -OCH3 is 1. The maximum Gasteiger partial charge on any atom is 0.229 e. The topological polar surface area (TPSA) is 71.1 Å². The number of nitrogens with one attached hydrogen (secondary N) is 1. The van der Waals surface area contributed by atoms with Gasteiger partial charge >= 0.3 is 0 Å². The second-order valence-electron chi connectivity index (χ2n) is 7.70. The summed E-state index contributed by atoms with van der Waals surface area (Å²) in [4.78, 5) is 28.6. The Labute approximate surface area is 167 Å². The Kier molecular flexibility index (Phi) is 7.28. The first-order chi connectivity index (χ1) is 13.5. The maximum absolute atomic E-state index is 12.6. The van der Waals surface area contributed by atoms with Crippen LogP contribution in [-0.4, -0.2) is 74.7 Å². The minimum absolute atomic E-state index is 0.0427. The van der Waals surface area contributed by atoms with E-state index in [2.05, 4.69) is 17.3 Å². The minimum atomic E-state index is -0.190. The van der Waals surface area contributed by atoms with E-state index in [1.807, 2.05) is 24.3 Å². The van der Waals surface area contributed by atoms with Gasteiger partial charge in [0.15, 0.2) is 0 Å². The van der Waals surface area contributed by atoms with Crippen LogP contribution in [0.15, 0.2) is 24.3 Å². The van der Waals surface area contributed by atoms with Crippen LogP contribution in [0.5, 0.6) is 5.75 Å². The Bertz CT molecular complexity index is 656. The number of benzene rings is 1. The van der Waals surface area contributed by atoms with Gasteiger partial charge in [0.25, 0.3) is 0 Å². The van der Waals surface area contributed by atoms with Crippen LogP contribution in [0.25, 0.3) is 0 Å². The van der Waals surface area contributed by atoms with Gasteiger partial charge in [0.05, 0.1) is 12.5 Å². The lowest BCUT2D eigenvalue weighted by molar-refractivity contribution is -0.137. The molecule has 28 heavy (non-hydrogen) atoms. The van der Waals surface area contributed by atoms with Crippen molar-refractivity contribution in [3.05, 3.63) is 24.3 Å². The van der Waals surface area contributed by atoms with Crippen molar-refractivity contribution in [1.29, 1.82) is 0 Å². The zero-order chi connectivity index (χ0) is 19.9. The lowest BCUT2D eigenvalue weighted by Gasteiger charge is -2.31. The molecule has 7 nitrogen and oxygen atoms in total. The van der Waals surface area contributed by atoms with Crippen LogP contribution in [0.4, 0.5) is 5.69 Å². The molecule has 2 aliphatic rings. The summed E-state index contributed by atoms with van der Waals surface area (Å²) in [6.45, 7) is 3.58. The predicted molar refractivity (Wildman–Crippen MR) is 107 cm³/mol. The Balaban J connectivity index is 1.49. The summed E-state index contributed by atoms with van der Waals surface area (Å²) in [5.74, 6) is 0.696. The van der Waals surface area contributed by atoms with Gasteiger partial charge in [-0.15, -0.1) is 0 Å². The quantitative estimate of drug-likeness (QED) is 0.772. The molecule has 154 valence electrons. The lowest BCUT2D eigenvalue weighted by atomic mass is 9.96. The van der Waals surface area contributed by atoms with E-state index in [0.29, 0.717) is 32.5 Å². The van der Waals surface area contributed by atoms with Crippen molar-refractivity contribution in [2.24, 2.45) is 5.92 Å². The molecule has 7 heteroatoms. The van der Waals surface area contributed by atoms with Crippen molar-refractivity contribution < 1.29 is 19.1 Å². The molecule has 2 fully saturated rings. The van der Waals surface area contributed by atoms with Crippen molar-refractivity contribution in [3.63, 3.8) is 0 Å². The van der Waals surface area contributed by atoms with E-state index < -0.39 is 0 Å². The van der Waals surface area contributed by atoms with Crippen LogP contribution >= 0.6 is 0 Å². The highest BCUT2D eigenvalue weighted by molar-refractivity contribution is 5.94. The number of likely N-dealkylation sites (tertiary alicyclic amines) is 2. The summed E-state index contributed by atoms with van der Waals surface area (Å²) in [5, 5.41) is 2.97. The molecule has 0 bridgehead atoms. The first-order valence-electron chi connectivity index (χ1n) is 10.1. The van der Waals surface area contributed by atoms with Gasteiger partial charge in [-0.3, -0.25) is 9.59 Å². The van der Waals surface area contributed by atoms with Gasteiger partial charge in [0.1, 0.15) is 11.9 Å². The summed E-state index contributed by atoms with van der Waals surface area (Å²) < 4.78 is 11.1. The third kappa shape index (κ3) is 5.69. The normalized spacial score (nSPS) is 21.6. The first-order valence-corrected chi connectivity index (χ1v) is 10.1. The zero-order valence-corrected chi connectivity index (χ0v) is 16.9. The maximum atomic E-state index is 12.6. The number of ether oxygens (including phenoxy) is 2. The van der Waals surface area contributed by atoms with Gasteiger partial charge < -0.3 is 24.6 Å². The summed E-state index contributed by atoms with van der Waals surface area (Å²) in [5.41, 5.74) is 0.751. The monoisotopic (exact) mass is 389 g/mol. The number of piperidine rings is 2. The van der Waals surface area contributed by atoms with Crippen LogP contribution in [-0.2, 0) is 14.3 Å². The van der Waals surface area contributed by atoms with E-state index in [0.717, 1.165) is 37.4 Å². The highest BCUT2D eigenvalue weighted by Gasteiger charge is 2.30. The van der Waals surface area contributed by atoms with Crippen molar-refractivity contribution in [3.8, 4) is 5.75 Å². The lowest BCUT2D eigenvalue weighted by Crippen LogP contribution is -2.45. The van der Waals surface area contributed by atoms with E-state index in [-0.39, 0.29) is 23.8 Å². The number of carbonyl (C=O) groups is 2. The molecule has 2 amide bonds. The number of rotatable bonds is 7. The Hall–Kier alpha value is -2.12. The molecule has 2 aliphatic heterocycles. The molecule has 1 aromatic carbocycles. The van der Waals surface area contributed by atoms with Gasteiger partial charge in [-0.25, -0.2) is 0 Å². The van der Waals surface area contributed by atoms with Crippen molar-refractivity contribution >= 4 is 17.5 Å². The Morgan fingerprint density at radius 3 is 2.57 bits per heavy atom. The molecule has 1 N–H and O–H groups in total.